The lowest BCUT2D eigenvalue weighted by molar-refractivity contribution is -0.120. The Balaban J connectivity index is 1.27. The summed E-state index contributed by atoms with van der Waals surface area (Å²) in [6.45, 7) is 5.71. The number of aryl methyl sites for hydroxylation is 1. The number of hydrogen-bond donors (Lipinski definition) is 1. The molecule has 1 heterocycles. The highest BCUT2D eigenvalue weighted by Gasteiger charge is 2.12. The molecule has 38 heavy (non-hydrogen) atoms. The predicted molar refractivity (Wildman–Crippen MR) is 153 cm³/mol. The molecule has 3 aromatic carbocycles. The summed E-state index contributed by atoms with van der Waals surface area (Å²) in [5.41, 5.74) is 4.30. The van der Waals surface area contributed by atoms with E-state index in [2.05, 4.69) is 28.6 Å². The number of allylic oxidation sites excluding steroid dienone is 1. The largest absolute Gasteiger partial charge is 0.493 e. The first-order valence-electron chi connectivity index (χ1n) is 13.3. The van der Waals surface area contributed by atoms with Crippen LogP contribution in [0.3, 0.4) is 0 Å². The van der Waals surface area contributed by atoms with E-state index in [1.165, 1.54) is 0 Å². The number of hydrogen-bond acceptors (Lipinski definition) is 4. The Labute approximate surface area is 225 Å². The number of fused-ring (bicyclic) bond motifs is 1. The van der Waals surface area contributed by atoms with Gasteiger partial charge < -0.3 is 19.4 Å². The third kappa shape index (κ3) is 7.48. The van der Waals surface area contributed by atoms with Crippen molar-refractivity contribution < 1.29 is 14.3 Å². The number of imidazole rings is 1. The number of carbonyl (C=O) groups is 1. The van der Waals surface area contributed by atoms with E-state index in [-0.39, 0.29) is 5.91 Å². The van der Waals surface area contributed by atoms with Gasteiger partial charge in [0.05, 0.1) is 31.1 Å². The van der Waals surface area contributed by atoms with E-state index in [1.807, 2.05) is 66.7 Å². The molecule has 1 amide bonds. The molecule has 0 unspecified atom stereocenters. The van der Waals surface area contributed by atoms with Crippen LogP contribution >= 0.6 is 0 Å². The molecule has 4 aromatic rings. The summed E-state index contributed by atoms with van der Waals surface area (Å²) in [6.07, 6.45) is 6.97. The van der Waals surface area contributed by atoms with Crippen molar-refractivity contribution >= 4 is 16.9 Å². The van der Waals surface area contributed by atoms with E-state index < -0.39 is 0 Å². The molecule has 0 bridgehead atoms. The minimum atomic E-state index is 0.0740. The molecule has 0 aliphatic rings. The number of methoxy groups -OCH3 is 1. The van der Waals surface area contributed by atoms with Gasteiger partial charge in [0.2, 0.25) is 5.91 Å². The van der Waals surface area contributed by atoms with E-state index in [0.717, 1.165) is 71.6 Å². The lowest BCUT2D eigenvalue weighted by Crippen LogP contribution is -2.26. The smallest absolute Gasteiger partial charge is 0.224 e. The summed E-state index contributed by atoms with van der Waals surface area (Å²) in [4.78, 5) is 17.1. The van der Waals surface area contributed by atoms with Gasteiger partial charge in [-0.25, -0.2) is 4.98 Å². The third-order valence-corrected chi connectivity index (χ3v) is 6.52. The molecule has 198 valence electrons. The summed E-state index contributed by atoms with van der Waals surface area (Å²) in [7, 11) is 1.66. The number of nitrogens with one attached hydrogen (secondary N) is 1. The maximum Gasteiger partial charge on any atom is 0.224 e. The molecule has 1 aromatic heterocycles. The Bertz CT molecular complexity index is 1330. The number of ether oxygens (including phenoxy) is 2. The topological polar surface area (TPSA) is 65.4 Å². The Hall–Kier alpha value is -4.06. The van der Waals surface area contributed by atoms with E-state index in [4.69, 9.17) is 14.5 Å². The minimum absolute atomic E-state index is 0.0740. The molecule has 0 spiro atoms. The minimum Gasteiger partial charge on any atom is -0.493 e. The van der Waals surface area contributed by atoms with E-state index in [0.29, 0.717) is 26.1 Å². The molecule has 0 fully saturated rings. The fraction of sp³-hybridized carbons (Fsp3) is 0.312. The van der Waals surface area contributed by atoms with Crippen LogP contribution in [0.2, 0.25) is 0 Å². The summed E-state index contributed by atoms with van der Waals surface area (Å²) in [5.74, 6) is 2.61. The summed E-state index contributed by atoms with van der Waals surface area (Å²) < 4.78 is 13.9. The Kier molecular flexibility index (Phi) is 9.96. The summed E-state index contributed by atoms with van der Waals surface area (Å²) in [5, 5.41) is 3.03. The molecule has 0 aliphatic heterocycles. The monoisotopic (exact) mass is 511 g/mol. The molecular weight excluding hydrogens is 474 g/mol. The number of nitrogens with zero attached hydrogens (tertiary/aromatic N) is 2. The highest BCUT2D eigenvalue weighted by Crippen LogP contribution is 2.28. The average molecular weight is 512 g/mol. The Morgan fingerprint density at radius 1 is 0.974 bits per heavy atom. The van der Waals surface area contributed by atoms with Crippen molar-refractivity contribution in [3.8, 4) is 11.5 Å². The zero-order valence-corrected chi connectivity index (χ0v) is 22.2. The molecule has 1 N–H and O–H groups in total. The maximum atomic E-state index is 12.2. The number of carbonyl (C=O) groups excluding carboxylic acids is 1. The van der Waals surface area contributed by atoms with Crippen molar-refractivity contribution in [2.75, 3.05) is 20.3 Å². The average Bonchev–Trinajstić information content (AvgIpc) is 3.29. The second kappa shape index (κ2) is 14.0. The first-order valence-corrected chi connectivity index (χ1v) is 13.3. The van der Waals surface area contributed by atoms with Gasteiger partial charge in [0.25, 0.3) is 0 Å². The fourth-order valence-corrected chi connectivity index (χ4v) is 4.59. The second-order valence-electron chi connectivity index (χ2n) is 9.32. The highest BCUT2D eigenvalue weighted by molar-refractivity contribution is 5.78. The molecular formula is C32H37N3O3. The zero-order chi connectivity index (χ0) is 26.6. The van der Waals surface area contributed by atoms with Crippen molar-refractivity contribution in [2.45, 2.75) is 45.1 Å². The zero-order valence-electron chi connectivity index (χ0n) is 22.2. The van der Waals surface area contributed by atoms with Crippen LogP contribution in [0, 0.1) is 0 Å². The van der Waals surface area contributed by atoms with Gasteiger partial charge >= 0.3 is 0 Å². The van der Waals surface area contributed by atoms with E-state index in [9.17, 15) is 4.79 Å². The van der Waals surface area contributed by atoms with Crippen LogP contribution in [-0.2, 0) is 30.6 Å². The van der Waals surface area contributed by atoms with Gasteiger partial charge in [0.15, 0.2) is 11.5 Å². The Morgan fingerprint density at radius 2 is 1.79 bits per heavy atom. The fourth-order valence-electron chi connectivity index (χ4n) is 4.59. The number of benzene rings is 3. The molecule has 0 radical (unpaired) electrons. The van der Waals surface area contributed by atoms with Crippen LogP contribution in [0.5, 0.6) is 11.5 Å². The Morgan fingerprint density at radius 3 is 2.61 bits per heavy atom. The molecule has 0 saturated carbocycles. The van der Waals surface area contributed by atoms with E-state index >= 15 is 0 Å². The second-order valence-corrected chi connectivity index (χ2v) is 9.32. The lowest BCUT2D eigenvalue weighted by Gasteiger charge is -2.14. The van der Waals surface area contributed by atoms with Gasteiger partial charge in [0, 0.05) is 13.0 Å². The number of para-hydroxylation sites is 2. The summed E-state index contributed by atoms with van der Waals surface area (Å²) >= 11 is 0. The van der Waals surface area contributed by atoms with Gasteiger partial charge in [-0.05, 0) is 54.7 Å². The van der Waals surface area contributed by atoms with Crippen LogP contribution in [-0.4, -0.2) is 35.7 Å². The lowest BCUT2D eigenvalue weighted by atomic mass is 10.1. The molecule has 0 saturated heterocycles. The van der Waals surface area contributed by atoms with Crippen LogP contribution < -0.4 is 14.8 Å². The van der Waals surface area contributed by atoms with Crippen molar-refractivity contribution in [3.05, 3.63) is 102 Å². The third-order valence-electron chi connectivity index (χ3n) is 6.52. The molecule has 0 atom stereocenters. The first kappa shape index (κ1) is 27.0. The number of aromatic nitrogens is 2. The van der Waals surface area contributed by atoms with Gasteiger partial charge in [-0.3, -0.25) is 4.79 Å². The van der Waals surface area contributed by atoms with Crippen molar-refractivity contribution in [3.63, 3.8) is 0 Å². The number of rotatable bonds is 15. The maximum absolute atomic E-state index is 12.2. The van der Waals surface area contributed by atoms with Gasteiger partial charge in [0.1, 0.15) is 12.4 Å². The quantitative estimate of drug-likeness (QED) is 0.159. The van der Waals surface area contributed by atoms with Crippen LogP contribution in [0.15, 0.2) is 85.5 Å². The predicted octanol–water partition coefficient (Wildman–Crippen LogP) is 5.92. The van der Waals surface area contributed by atoms with Gasteiger partial charge in [-0.15, -0.1) is 6.58 Å². The van der Waals surface area contributed by atoms with Crippen LogP contribution in [0.4, 0.5) is 0 Å². The first-order chi connectivity index (χ1) is 18.7. The molecule has 6 nitrogen and oxygen atoms in total. The molecule has 0 aliphatic carbocycles. The summed E-state index contributed by atoms with van der Waals surface area (Å²) in [6, 6.07) is 24.1. The van der Waals surface area contributed by atoms with Crippen molar-refractivity contribution in [1.82, 2.24) is 14.9 Å². The van der Waals surface area contributed by atoms with Crippen LogP contribution in [0.1, 0.15) is 36.2 Å². The number of amides is 1. The van der Waals surface area contributed by atoms with Gasteiger partial charge in [-0.1, -0.05) is 61.0 Å². The van der Waals surface area contributed by atoms with Crippen molar-refractivity contribution in [1.29, 1.82) is 0 Å². The standard InChI is InChI=1S/C32H37N3O3/c1-3-12-25-18-19-29(30(23-25)37-2)38-22-21-35-28-16-10-9-15-27(28)34-31(35)17-8-5-11-20-33-32(36)24-26-13-6-4-7-14-26/h3-4,6-7,9-10,13-16,18-19,23H,1,5,8,11-12,17,20-22,24H2,2H3,(H,33,36). The van der Waals surface area contributed by atoms with Crippen molar-refractivity contribution in [2.24, 2.45) is 0 Å². The molecule has 4 rings (SSSR count). The number of unbranched alkanes of at least 4 members (excludes halogenated alkanes) is 2. The SMILES string of the molecule is C=CCc1ccc(OCCn2c(CCCCCNC(=O)Cc3ccccc3)nc3ccccc32)c(OC)c1. The molecule has 6 heteroatoms. The normalized spacial score (nSPS) is 10.9. The van der Waals surface area contributed by atoms with Crippen LogP contribution in [0.25, 0.3) is 11.0 Å². The highest BCUT2D eigenvalue weighted by atomic mass is 16.5. The van der Waals surface area contributed by atoms with E-state index in [1.54, 1.807) is 7.11 Å². The van der Waals surface area contributed by atoms with Gasteiger partial charge in [-0.2, -0.15) is 0 Å².